The summed E-state index contributed by atoms with van der Waals surface area (Å²) in [5.74, 6) is 1.64. The molecule has 4 heterocycles. The van der Waals surface area contributed by atoms with Gasteiger partial charge in [-0.05, 0) is 79.6 Å². The van der Waals surface area contributed by atoms with E-state index in [-0.39, 0.29) is 18.6 Å². The maximum Gasteiger partial charge on any atom is 0.410 e. The van der Waals surface area contributed by atoms with Gasteiger partial charge in [0.1, 0.15) is 0 Å². The number of fused-ring (bicyclic) bond motifs is 1. The van der Waals surface area contributed by atoms with Crippen LogP contribution in [0.1, 0.15) is 45.1 Å². The van der Waals surface area contributed by atoms with Crippen LogP contribution in [-0.2, 0) is 16.0 Å². The van der Waals surface area contributed by atoms with Crippen molar-refractivity contribution >= 4 is 17.7 Å². The van der Waals surface area contributed by atoms with Crippen molar-refractivity contribution in [3.8, 4) is 0 Å². The molecule has 9 heteroatoms. The number of piperidine rings is 2. The number of hydrogen-bond acceptors (Lipinski definition) is 7. The molecule has 5 atom stereocenters. The van der Waals surface area contributed by atoms with E-state index in [1.807, 2.05) is 23.1 Å². The Balaban J connectivity index is 0.908. The van der Waals surface area contributed by atoms with E-state index in [2.05, 4.69) is 59.8 Å². The van der Waals surface area contributed by atoms with Gasteiger partial charge in [0.25, 0.3) is 5.91 Å². The van der Waals surface area contributed by atoms with E-state index in [9.17, 15) is 14.7 Å². The normalized spacial score (nSPS) is 30.3. The van der Waals surface area contributed by atoms with E-state index >= 15 is 0 Å². The van der Waals surface area contributed by atoms with Gasteiger partial charge in [0.15, 0.2) is 13.0 Å². The molecule has 0 bridgehead atoms. The number of nitrogens with one attached hydrogen (secondary N) is 2. The molecule has 3 N–H and O–H groups in total. The summed E-state index contributed by atoms with van der Waals surface area (Å²) in [6.45, 7) is 9.38. The maximum atomic E-state index is 13.4. The van der Waals surface area contributed by atoms with Crippen LogP contribution in [0.2, 0.25) is 0 Å². The predicted molar refractivity (Wildman–Crippen MR) is 179 cm³/mol. The molecule has 46 heavy (non-hydrogen) atoms. The monoisotopic (exact) mass is 627 g/mol. The molecular weight excluding hydrogens is 578 g/mol. The van der Waals surface area contributed by atoms with Crippen molar-refractivity contribution in [3.63, 3.8) is 0 Å². The zero-order valence-corrected chi connectivity index (χ0v) is 27.3. The minimum Gasteiger partial charge on any atom is -0.439 e. The van der Waals surface area contributed by atoms with Gasteiger partial charge in [-0.2, -0.15) is 0 Å². The smallest absolute Gasteiger partial charge is 0.410 e. The Hall–Kier alpha value is -3.40. The molecule has 5 unspecified atom stereocenters. The topological polar surface area (TPSA) is 97.4 Å². The second-order valence-electron chi connectivity index (χ2n) is 14.2. The van der Waals surface area contributed by atoms with Crippen LogP contribution in [0, 0.1) is 23.7 Å². The molecule has 0 saturated carbocycles. The number of carbonyl (C=O) groups is 2. The van der Waals surface area contributed by atoms with E-state index in [0.29, 0.717) is 49.9 Å². The minimum absolute atomic E-state index is 0.105. The number of ether oxygens (including phenoxy) is 1. The number of hydrogen-bond donors (Lipinski definition) is 3. The van der Waals surface area contributed by atoms with Gasteiger partial charge in [0.2, 0.25) is 0 Å². The van der Waals surface area contributed by atoms with Gasteiger partial charge in [0.05, 0.1) is 0 Å². The molecule has 2 amide bonds. The van der Waals surface area contributed by atoms with Gasteiger partial charge in [-0.3, -0.25) is 9.69 Å². The Kier molecular flexibility index (Phi) is 9.08. The average molecular weight is 628 g/mol. The molecule has 6 aliphatic rings. The van der Waals surface area contributed by atoms with Crippen LogP contribution < -0.4 is 10.6 Å². The SMILES string of the molecule is CC1=CC(C2=CC2C2CN(C(=O)COC(=O)N3CCC(N4CCc5ccccc5NC4O)CC3)CCC2C2=CCNC2)=CC(C)C1. The lowest BCUT2D eigenvalue weighted by molar-refractivity contribution is -0.137. The van der Waals surface area contributed by atoms with E-state index in [0.717, 1.165) is 57.4 Å². The van der Waals surface area contributed by atoms with Gasteiger partial charge in [-0.1, -0.05) is 60.6 Å². The van der Waals surface area contributed by atoms with Crippen LogP contribution >= 0.6 is 0 Å². The molecule has 9 nitrogen and oxygen atoms in total. The highest BCUT2D eigenvalue weighted by atomic mass is 16.6. The quantitative estimate of drug-likeness (QED) is 0.405. The predicted octanol–water partition coefficient (Wildman–Crippen LogP) is 4.30. The van der Waals surface area contributed by atoms with Crippen molar-refractivity contribution in [1.29, 1.82) is 0 Å². The number of likely N-dealkylation sites (tertiary alicyclic amines) is 2. The number of aliphatic hydroxyl groups excluding tert-OH is 1. The van der Waals surface area contributed by atoms with Crippen LogP contribution in [0.25, 0.3) is 0 Å². The molecule has 246 valence electrons. The number of anilines is 1. The fourth-order valence-electron chi connectivity index (χ4n) is 8.56. The molecule has 4 aliphatic heterocycles. The van der Waals surface area contributed by atoms with Gasteiger partial charge in [-0.15, -0.1) is 0 Å². The van der Waals surface area contributed by atoms with Crippen LogP contribution in [0.5, 0.6) is 0 Å². The molecule has 1 aromatic carbocycles. The Bertz CT molecular complexity index is 1460. The van der Waals surface area contributed by atoms with Crippen molar-refractivity contribution in [2.45, 2.75) is 58.3 Å². The van der Waals surface area contributed by atoms with Crippen molar-refractivity contribution in [2.24, 2.45) is 23.7 Å². The largest absolute Gasteiger partial charge is 0.439 e. The van der Waals surface area contributed by atoms with E-state index in [4.69, 9.17) is 4.74 Å². The highest BCUT2D eigenvalue weighted by molar-refractivity contribution is 5.80. The number of amides is 2. The number of para-hydroxylation sites is 1. The maximum absolute atomic E-state index is 13.4. The first-order valence-electron chi connectivity index (χ1n) is 17.3. The number of allylic oxidation sites excluding steroid dienone is 6. The van der Waals surface area contributed by atoms with Gasteiger partial charge >= 0.3 is 6.09 Å². The minimum atomic E-state index is -0.760. The number of benzene rings is 1. The van der Waals surface area contributed by atoms with Crippen molar-refractivity contribution < 1.29 is 19.4 Å². The zero-order chi connectivity index (χ0) is 31.8. The Morgan fingerprint density at radius 2 is 1.85 bits per heavy atom. The van der Waals surface area contributed by atoms with Crippen LogP contribution in [0.15, 0.2) is 70.9 Å². The summed E-state index contributed by atoms with van der Waals surface area (Å²) >= 11 is 0. The highest BCUT2D eigenvalue weighted by Gasteiger charge is 2.44. The van der Waals surface area contributed by atoms with Crippen LogP contribution in [0.4, 0.5) is 10.5 Å². The molecular formula is C37H49N5O4. The third-order valence-corrected chi connectivity index (χ3v) is 11.0. The summed E-state index contributed by atoms with van der Waals surface area (Å²) in [5.41, 5.74) is 7.90. The summed E-state index contributed by atoms with van der Waals surface area (Å²) < 4.78 is 5.61. The molecule has 0 spiro atoms. The standard InChI is InChI=1S/C37H49N5O4/c1-24-17-25(2)19-28(18-24)31-20-32(31)33-22-41(15-11-30(33)27-7-12-38-21-27)35(43)23-46-37(45)40-13-9-29(10-14-40)42-16-8-26-5-3-4-6-34(26)39-36(42)44/h3-7,18-20,24,29-30,32-33,36,38-39,44H,8-17,21-23H2,1-2H3. The van der Waals surface area contributed by atoms with Gasteiger partial charge in [0, 0.05) is 63.5 Å². The number of rotatable bonds is 6. The molecule has 0 aromatic heterocycles. The number of aliphatic hydroxyl groups is 1. The molecule has 0 radical (unpaired) electrons. The first kappa shape index (κ1) is 31.2. The Labute approximate surface area is 273 Å². The Morgan fingerprint density at radius 3 is 2.63 bits per heavy atom. The summed E-state index contributed by atoms with van der Waals surface area (Å²) in [4.78, 5) is 32.2. The molecule has 2 fully saturated rings. The van der Waals surface area contributed by atoms with Crippen molar-refractivity contribution in [1.82, 2.24) is 20.0 Å². The first-order chi connectivity index (χ1) is 22.3. The first-order valence-corrected chi connectivity index (χ1v) is 17.3. The van der Waals surface area contributed by atoms with Crippen molar-refractivity contribution in [3.05, 3.63) is 76.4 Å². The fraction of sp³-hybridized carbons (Fsp3) is 0.568. The fourth-order valence-corrected chi connectivity index (χ4v) is 8.56. The van der Waals surface area contributed by atoms with Crippen LogP contribution in [0.3, 0.4) is 0 Å². The van der Waals surface area contributed by atoms with Crippen molar-refractivity contribution in [2.75, 3.05) is 57.7 Å². The second-order valence-corrected chi connectivity index (χ2v) is 14.2. The summed E-state index contributed by atoms with van der Waals surface area (Å²) in [5, 5.41) is 17.6. The lowest BCUT2D eigenvalue weighted by Crippen LogP contribution is -2.52. The lowest BCUT2D eigenvalue weighted by atomic mass is 9.75. The van der Waals surface area contributed by atoms with Gasteiger partial charge in [-0.25, -0.2) is 4.79 Å². The zero-order valence-electron chi connectivity index (χ0n) is 27.3. The van der Waals surface area contributed by atoms with E-state index in [1.54, 1.807) is 4.90 Å². The highest BCUT2D eigenvalue weighted by Crippen LogP contribution is 2.49. The molecule has 2 saturated heterocycles. The number of nitrogens with zero attached hydrogens (tertiary/aromatic N) is 3. The summed E-state index contributed by atoms with van der Waals surface area (Å²) in [6.07, 6.45) is 12.7. The number of carbonyl (C=O) groups excluding carboxylic acids is 2. The lowest BCUT2D eigenvalue weighted by Gasteiger charge is -2.40. The van der Waals surface area contributed by atoms with E-state index in [1.165, 1.54) is 27.9 Å². The molecule has 1 aromatic rings. The average Bonchev–Trinajstić information content (AvgIpc) is 3.72. The Morgan fingerprint density at radius 1 is 1.04 bits per heavy atom. The summed E-state index contributed by atoms with van der Waals surface area (Å²) in [7, 11) is 0. The molecule has 2 aliphatic carbocycles. The molecule has 7 rings (SSSR count). The summed E-state index contributed by atoms with van der Waals surface area (Å²) in [6, 6.07) is 8.27. The second kappa shape index (κ2) is 13.4. The van der Waals surface area contributed by atoms with Gasteiger partial charge < -0.3 is 30.3 Å². The van der Waals surface area contributed by atoms with Crippen LogP contribution in [-0.4, -0.2) is 96.6 Å². The third kappa shape index (κ3) is 6.68. The third-order valence-electron chi connectivity index (χ3n) is 11.0. The van der Waals surface area contributed by atoms with E-state index < -0.39 is 12.4 Å².